The van der Waals surface area contributed by atoms with Crippen molar-refractivity contribution in [1.82, 2.24) is 24.7 Å². The molecule has 0 spiro atoms. The molecule has 0 unspecified atom stereocenters. The van der Waals surface area contributed by atoms with Gasteiger partial charge in [0.05, 0.1) is 22.8 Å². The molecule has 33 heavy (non-hydrogen) atoms. The van der Waals surface area contributed by atoms with Gasteiger partial charge in [0.15, 0.2) is 11.5 Å². The van der Waals surface area contributed by atoms with Crippen molar-refractivity contribution in [3.05, 3.63) is 48.4 Å². The highest BCUT2D eigenvalue weighted by molar-refractivity contribution is 5.91. The summed E-state index contributed by atoms with van der Waals surface area (Å²) in [6.45, 7) is 6.53. The second kappa shape index (κ2) is 8.10. The van der Waals surface area contributed by atoms with Gasteiger partial charge in [0.1, 0.15) is 31.0 Å². The Morgan fingerprint density at radius 3 is 2.76 bits per heavy atom. The van der Waals surface area contributed by atoms with Gasteiger partial charge in [-0.2, -0.15) is 5.10 Å². The number of rotatable bonds is 7. The number of anilines is 1. The van der Waals surface area contributed by atoms with Crippen molar-refractivity contribution in [1.29, 1.82) is 0 Å². The monoisotopic (exact) mass is 444 g/mol. The first-order valence-electron chi connectivity index (χ1n) is 11.7. The maximum absolute atomic E-state index is 5.81. The highest BCUT2D eigenvalue weighted by atomic mass is 16.6. The zero-order valence-corrected chi connectivity index (χ0v) is 18.9. The number of nitrogens with zero attached hydrogens (tertiary/aromatic N) is 4. The Morgan fingerprint density at radius 1 is 1.09 bits per heavy atom. The Balaban J connectivity index is 1.33. The molecule has 1 fully saturated rings. The van der Waals surface area contributed by atoms with Crippen LogP contribution in [0.25, 0.3) is 22.4 Å². The lowest BCUT2D eigenvalue weighted by Gasteiger charge is -2.26. The Hall–Kier alpha value is -3.55. The van der Waals surface area contributed by atoms with E-state index in [4.69, 9.17) is 9.47 Å². The van der Waals surface area contributed by atoms with E-state index < -0.39 is 0 Å². The summed E-state index contributed by atoms with van der Waals surface area (Å²) in [6, 6.07) is 10.4. The van der Waals surface area contributed by atoms with Gasteiger partial charge in [-0.15, -0.1) is 0 Å². The van der Waals surface area contributed by atoms with Crippen LogP contribution in [-0.2, 0) is 6.54 Å². The minimum absolute atomic E-state index is 0.0534. The van der Waals surface area contributed by atoms with Crippen LogP contribution >= 0.6 is 0 Å². The summed E-state index contributed by atoms with van der Waals surface area (Å²) in [4.78, 5) is 12.5. The molecule has 2 N–H and O–H groups in total. The highest BCUT2D eigenvalue weighted by Gasteiger charge is 2.24. The van der Waals surface area contributed by atoms with E-state index in [2.05, 4.69) is 68.2 Å². The van der Waals surface area contributed by atoms with Crippen LogP contribution < -0.4 is 14.8 Å². The van der Waals surface area contributed by atoms with Gasteiger partial charge < -0.3 is 19.8 Å². The molecular weight excluding hydrogens is 416 g/mol. The van der Waals surface area contributed by atoms with Crippen molar-refractivity contribution >= 4 is 16.9 Å². The summed E-state index contributed by atoms with van der Waals surface area (Å²) in [7, 11) is 0. The Morgan fingerprint density at radius 2 is 1.94 bits per heavy atom. The Labute approximate surface area is 192 Å². The van der Waals surface area contributed by atoms with E-state index in [-0.39, 0.29) is 6.04 Å². The molecule has 0 bridgehead atoms. The average molecular weight is 445 g/mol. The van der Waals surface area contributed by atoms with E-state index in [1.165, 1.54) is 12.8 Å². The summed E-state index contributed by atoms with van der Waals surface area (Å²) < 4.78 is 13.6. The normalized spacial score (nSPS) is 16.3. The molecular formula is C25H28N6O2. The van der Waals surface area contributed by atoms with E-state index in [1.54, 1.807) is 6.33 Å². The largest absolute Gasteiger partial charge is 0.486 e. The van der Waals surface area contributed by atoms with Gasteiger partial charge in [0.25, 0.3) is 0 Å². The highest BCUT2D eigenvalue weighted by Crippen LogP contribution is 2.37. The second-order valence-electron chi connectivity index (χ2n) is 9.28. The van der Waals surface area contributed by atoms with Crippen molar-refractivity contribution in [2.75, 3.05) is 18.5 Å². The summed E-state index contributed by atoms with van der Waals surface area (Å²) in [5.74, 6) is 3.49. The topological polar surface area (TPSA) is 89.9 Å². The predicted octanol–water partition coefficient (Wildman–Crippen LogP) is 4.81. The minimum Gasteiger partial charge on any atom is -0.486 e. The van der Waals surface area contributed by atoms with Gasteiger partial charge >= 0.3 is 0 Å². The van der Waals surface area contributed by atoms with Crippen LogP contribution in [0.5, 0.6) is 11.5 Å². The van der Waals surface area contributed by atoms with Crippen LogP contribution in [0.4, 0.5) is 5.82 Å². The van der Waals surface area contributed by atoms with Gasteiger partial charge in [-0.3, -0.25) is 4.68 Å². The Kier molecular flexibility index (Phi) is 4.93. The molecule has 1 aromatic carbocycles. The second-order valence-corrected chi connectivity index (χ2v) is 9.28. The van der Waals surface area contributed by atoms with Gasteiger partial charge in [-0.05, 0) is 54.5 Å². The van der Waals surface area contributed by atoms with Crippen LogP contribution in [0.2, 0.25) is 0 Å². The first kappa shape index (κ1) is 20.1. The molecule has 0 amide bonds. The van der Waals surface area contributed by atoms with Crippen molar-refractivity contribution in [3.63, 3.8) is 0 Å². The summed E-state index contributed by atoms with van der Waals surface area (Å²) in [6.07, 6.45) is 6.06. The summed E-state index contributed by atoms with van der Waals surface area (Å²) in [5, 5.41) is 9.17. The van der Waals surface area contributed by atoms with E-state index in [1.807, 2.05) is 12.3 Å². The SMILES string of the molecule is CC(C)[C@@H](Nc1ncnc2[nH]c(-c3ccnn3CC3CC3)cc12)c1ccc2c(c1)OCCO2. The fourth-order valence-electron chi connectivity index (χ4n) is 4.48. The molecule has 170 valence electrons. The van der Waals surface area contributed by atoms with Gasteiger partial charge in [0, 0.05) is 12.7 Å². The number of nitrogens with one attached hydrogen (secondary N) is 2. The average Bonchev–Trinajstić information content (AvgIpc) is 3.34. The molecule has 1 atom stereocenters. The third-order valence-corrected chi connectivity index (χ3v) is 6.43. The lowest BCUT2D eigenvalue weighted by Crippen LogP contribution is -2.19. The molecule has 8 nitrogen and oxygen atoms in total. The van der Waals surface area contributed by atoms with E-state index in [0.717, 1.165) is 57.8 Å². The third kappa shape index (κ3) is 3.90. The number of aromatic nitrogens is 5. The van der Waals surface area contributed by atoms with Crippen molar-refractivity contribution in [2.24, 2.45) is 11.8 Å². The van der Waals surface area contributed by atoms with Gasteiger partial charge in [-0.1, -0.05) is 19.9 Å². The van der Waals surface area contributed by atoms with Crippen LogP contribution in [0.1, 0.15) is 38.3 Å². The van der Waals surface area contributed by atoms with E-state index in [9.17, 15) is 0 Å². The standard InChI is InChI=1S/C25H28N6O2/c1-15(2)23(17-5-6-21-22(11-17)33-10-9-32-21)30-25-18-12-19(29-24(18)26-14-27-25)20-7-8-28-31(20)13-16-3-4-16/h5-8,11-12,14-16,23H,3-4,9-10,13H2,1-2H3,(H2,26,27,29,30)/t23-/m1/s1. The number of benzene rings is 1. The molecule has 1 aliphatic heterocycles. The maximum Gasteiger partial charge on any atom is 0.161 e. The van der Waals surface area contributed by atoms with Crippen LogP contribution in [0.3, 0.4) is 0 Å². The van der Waals surface area contributed by atoms with Crippen molar-refractivity contribution < 1.29 is 9.47 Å². The lowest BCUT2D eigenvalue weighted by atomic mass is 9.95. The minimum atomic E-state index is 0.0534. The van der Waals surface area contributed by atoms with Gasteiger partial charge in [0.2, 0.25) is 0 Å². The number of H-pyrrole nitrogens is 1. The van der Waals surface area contributed by atoms with Crippen LogP contribution in [0.15, 0.2) is 42.9 Å². The van der Waals surface area contributed by atoms with E-state index >= 15 is 0 Å². The number of hydrogen-bond donors (Lipinski definition) is 2. The maximum atomic E-state index is 5.81. The molecule has 1 saturated carbocycles. The molecule has 1 aliphatic carbocycles. The fourth-order valence-corrected chi connectivity index (χ4v) is 4.48. The number of hydrogen-bond acceptors (Lipinski definition) is 6. The molecule has 6 rings (SSSR count). The Bertz CT molecular complexity index is 1290. The zero-order valence-electron chi connectivity index (χ0n) is 18.9. The zero-order chi connectivity index (χ0) is 22.4. The number of fused-ring (bicyclic) bond motifs is 2. The number of aromatic amines is 1. The molecule has 0 radical (unpaired) electrons. The van der Waals surface area contributed by atoms with Crippen molar-refractivity contribution in [2.45, 2.75) is 39.3 Å². The first-order valence-corrected chi connectivity index (χ1v) is 11.7. The van der Waals surface area contributed by atoms with Crippen LogP contribution in [-0.4, -0.2) is 37.9 Å². The quantitative estimate of drug-likeness (QED) is 0.425. The lowest BCUT2D eigenvalue weighted by molar-refractivity contribution is 0.171. The molecule has 2 aliphatic rings. The van der Waals surface area contributed by atoms with Crippen molar-refractivity contribution in [3.8, 4) is 22.9 Å². The molecule has 0 saturated heterocycles. The molecule has 8 heteroatoms. The smallest absolute Gasteiger partial charge is 0.161 e. The predicted molar refractivity (Wildman–Crippen MR) is 126 cm³/mol. The van der Waals surface area contributed by atoms with Gasteiger partial charge in [-0.25, -0.2) is 9.97 Å². The van der Waals surface area contributed by atoms with E-state index in [0.29, 0.717) is 19.1 Å². The number of ether oxygens (including phenoxy) is 2. The third-order valence-electron chi connectivity index (χ3n) is 6.43. The molecule has 3 aromatic heterocycles. The summed E-state index contributed by atoms with van der Waals surface area (Å²) >= 11 is 0. The fraction of sp³-hybridized carbons (Fsp3) is 0.400. The summed E-state index contributed by atoms with van der Waals surface area (Å²) in [5.41, 5.74) is 4.04. The molecule has 4 heterocycles. The first-order chi connectivity index (χ1) is 16.2. The molecule has 4 aromatic rings. The van der Waals surface area contributed by atoms with Crippen LogP contribution in [0, 0.1) is 11.8 Å².